The lowest BCUT2D eigenvalue weighted by Gasteiger charge is -2.21. The number of carbonyl (C=O) groups excluding carboxylic acids is 4. The van der Waals surface area contributed by atoms with E-state index >= 15 is 0 Å². The third-order valence-electron chi connectivity index (χ3n) is 16.2. The zero-order chi connectivity index (χ0) is 69.0. The number of allylic oxidation sites excluding steroid dienone is 8. The van der Waals surface area contributed by atoms with E-state index in [-0.39, 0.29) is 25.7 Å². The summed E-state index contributed by atoms with van der Waals surface area (Å²) in [5.74, 6) is -2.18. The summed E-state index contributed by atoms with van der Waals surface area (Å²) in [5, 5.41) is 10.6. The molecule has 550 valence electrons. The van der Waals surface area contributed by atoms with Crippen molar-refractivity contribution >= 4 is 39.5 Å². The molecule has 17 nitrogen and oxygen atoms in total. The van der Waals surface area contributed by atoms with Crippen LogP contribution in [-0.2, 0) is 65.4 Å². The summed E-state index contributed by atoms with van der Waals surface area (Å²) in [6, 6.07) is 0. The third kappa shape index (κ3) is 67.6. The van der Waals surface area contributed by atoms with Crippen LogP contribution in [0.2, 0.25) is 0 Å². The van der Waals surface area contributed by atoms with Crippen LogP contribution in [0.15, 0.2) is 48.6 Å². The molecule has 0 amide bonds. The zero-order valence-electron chi connectivity index (χ0n) is 59.9. The van der Waals surface area contributed by atoms with Crippen molar-refractivity contribution in [3.05, 3.63) is 48.6 Å². The van der Waals surface area contributed by atoms with Gasteiger partial charge in [0.05, 0.1) is 26.4 Å². The molecule has 0 aromatic carbocycles. The van der Waals surface area contributed by atoms with Crippen LogP contribution in [0.5, 0.6) is 0 Å². The number of aliphatic hydroxyl groups is 1. The van der Waals surface area contributed by atoms with E-state index in [2.05, 4.69) is 76.3 Å². The summed E-state index contributed by atoms with van der Waals surface area (Å²) in [6.07, 6.45) is 63.9. The van der Waals surface area contributed by atoms with Crippen LogP contribution in [0.3, 0.4) is 0 Å². The van der Waals surface area contributed by atoms with Gasteiger partial charge in [-0.15, -0.1) is 0 Å². The van der Waals surface area contributed by atoms with E-state index in [0.717, 1.165) is 154 Å². The van der Waals surface area contributed by atoms with Crippen LogP contribution < -0.4 is 0 Å². The molecule has 0 aliphatic carbocycles. The van der Waals surface area contributed by atoms with Crippen molar-refractivity contribution in [1.29, 1.82) is 0 Å². The smallest absolute Gasteiger partial charge is 0.462 e. The van der Waals surface area contributed by atoms with Gasteiger partial charge in [0.1, 0.15) is 19.3 Å². The van der Waals surface area contributed by atoms with Gasteiger partial charge < -0.3 is 33.8 Å². The van der Waals surface area contributed by atoms with Crippen molar-refractivity contribution in [3.8, 4) is 0 Å². The fourth-order valence-corrected chi connectivity index (χ4v) is 11.9. The molecule has 3 N–H and O–H groups in total. The molecule has 0 saturated heterocycles. The van der Waals surface area contributed by atoms with E-state index < -0.39 is 97.5 Å². The highest BCUT2D eigenvalue weighted by Gasteiger charge is 2.30. The fraction of sp³-hybridized carbons (Fsp3) is 0.840. The summed E-state index contributed by atoms with van der Waals surface area (Å²) in [4.78, 5) is 72.7. The predicted molar refractivity (Wildman–Crippen MR) is 381 cm³/mol. The van der Waals surface area contributed by atoms with Gasteiger partial charge in [0.2, 0.25) is 0 Å². The molecule has 0 aliphatic heterocycles. The molecule has 0 spiro atoms. The number of carbonyl (C=O) groups is 4. The number of aliphatic hydroxyl groups excluding tert-OH is 1. The number of phosphoric ester groups is 2. The minimum Gasteiger partial charge on any atom is -0.462 e. The van der Waals surface area contributed by atoms with Crippen LogP contribution in [0.4, 0.5) is 0 Å². The van der Waals surface area contributed by atoms with E-state index in [1.807, 2.05) is 0 Å². The second kappa shape index (κ2) is 68.5. The maximum atomic E-state index is 13.1. The molecule has 0 radical (unpaired) electrons. The lowest BCUT2D eigenvalue weighted by molar-refractivity contribution is -0.161. The molecule has 0 saturated carbocycles. The number of esters is 4. The molecule has 0 aromatic rings. The number of unbranched alkanes of at least 4 members (excludes halogenated alkanes) is 38. The minimum atomic E-state index is -4.97. The predicted octanol–water partition coefficient (Wildman–Crippen LogP) is 21.3. The topological polar surface area (TPSA) is 237 Å². The third-order valence-corrected chi connectivity index (χ3v) is 18.1. The van der Waals surface area contributed by atoms with Crippen molar-refractivity contribution in [2.45, 2.75) is 367 Å². The highest BCUT2D eigenvalue weighted by Crippen LogP contribution is 2.45. The summed E-state index contributed by atoms with van der Waals surface area (Å²) in [7, 11) is -9.93. The first kappa shape index (κ1) is 91.0. The summed E-state index contributed by atoms with van der Waals surface area (Å²) < 4.78 is 68.4. The van der Waals surface area contributed by atoms with Crippen molar-refractivity contribution in [2.75, 3.05) is 39.6 Å². The quantitative estimate of drug-likeness (QED) is 0.0169. The van der Waals surface area contributed by atoms with E-state index in [0.29, 0.717) is 25.7 Å². The molecule has 0 bridgehead atoms. The Morgan fingerprint density at radius 3 is 0.777 bits per heavy atom. The molecule has 19 heteroatoms. The molecular formula is C75H138O17P2. The SMILES string of the molecule is CCCC/C=C\CCCCCCCC(=O)OC(COC(=O)CCCCCCC/C=C\CCCCCC)COP(=O)(O)OCC(O)COP(=O)(O)OCC(COC(=O)CCCCCCC/C=C\CCCCCCCC)OC(=O)CCCCCCC/C=C\CCCCCCCC. The van der Waals surface area contributed by atoms with Crippen molar-refractivity contribution in [2.24, 2.45) is 0 Å². The van der Waals surface area contributed by atoms with Gasteiger partial charge >= 0.3 is 39.5 Å². The van der Waals surface area contributed by atoms with Gasteiger partial charge in [-0.25, -0.2) is 9.13 Å². The Hall–Kier alpha value is -2.98. The Labute approximate surface area is 572 Å². The summed E-state index contributed by atoms with van der Waals surface area (Å²) in [5.41, 5.74) is 0. The molecule has 0 rings (SSSR count). The van der Waals surface area contributed by atoms with Crippen LogP contribution in [0.1, 0.15) is 349 Å². The Kier molecular flexibility index (Phi) is 66.4. The van der Waals surface area contributed by atoms with Crippen molar-refractivity contribution < 1.29 is 80.2 Å². The van der Waals surface area contributed by atoms with E-state index in [1.54, 1.807) is 0 Å². The Balaban J connectivity index is 5.31. The number of rotatable bonds is 72. The van der Waals surface area contributed by atoms with Gasteiger partial charge in [-0.2, -0.15) is 0 Å². The molecule has 94 heavy (non-hydrogen) atoms. The lowest BCUT2D eigenvalue weighted by Crippen LogP contribution is -2.30. The second-order valence-electron chi connectivity index (χ2n) is 25.6. The maximum absolute atomic E-state index is 13.1. The summed E-state index contributed by atoms with van der Waals surface area (Å²) in [6.45, 7) is 4.82. The Morgan fingerprint density at radius 2 is 0.500 bits per heavy atom. The van der Waals surface area contributed by atoms with Crippen LogP contribution in [-0.4, -0.2) is 96.7 Å². The first-order valence-electron chi connectivity index (χ1n) is 37.9. The molecule has 0 fully saturated rings. The molecule has 5 atom stereocenters. The molecular weight excluding hydrogens is 1230 g/mol. The average Bonchev–Trinajstić information content (AvgIpc) is 1.36. The maximum Gasteiger partial charge on any atom is 0.472 e. The number of phosphoric acid groups is 2. The standard InChI is InChI=1S/C75H138O17P2/c1-5-9-13-17-21-25-29-32-34-37-41-44-48-52-56-60-73(78)86-66-71(92-75(80)62-58-54-50-46-42-38-35-33-30-26-22-18-14-10-6-2)68-90-94(83,84)88-64-69(76)63-87-93(81,82)89-67-70(91-74(79)61-57-53-49-45-39-28-24-20-16-12-8-4)65-85-72(77)59-55-51-47-43-40-36-31-27-23-19-15-11-7-3/h20,24,27,31-35,69-71,76H,5-19,21-23,25-26,28-30,36-68H2,1-4H3,(H,81,82)(H,83,84)/b24-20-,31-27-,34-32-,35-33-. The molecule has 0 aromatic heterocycles. The van der Waals surface area contributed by atoms with Gasteiger partial charge in [-0.05, 0) is 122 Å². The summed E-state index contributed by atoms with van der Waals surface area (Å²) >= 11 is 0. The van der Waals surface area contributed by atoms with Gasteiger partial charge in [0, 0.05) is 25.7 Å². The normalized spacial score (nSPS) is 14.2. The molecule has 5 unspecified atom stereocenters. The number of ether oxygens (including phenoxy) is 4. The Morgan fingerprint density at radius 1 is 0.287 bits per heavy atom. The second-order valence-corrected chi connectivity index (χ2v) is 28.5. The first-order valence-corrected chi connectivity index (χ1v) is 40.9. The molecule has 0 heterocycles. The van der Waals surface area contributed by atoms with E-state index in [9.17, 15) is 43.2 Å². The first-order chi connectivity index (χ1) is 45.7. The average molecular weight is 1370 g/mol. The van der Waals surface area contributed by atoms with Gasteiger partial charge in [0.25, 0.3) is 0 Å². The largest absolute Gasteiger partial charge is 0.472 e. The highest BCUT2D eigenvalue weighted by atomic mass is 31.2. The lowest BCUT2D eigenvalue weighted by atomic mass is 10.1. The van der Waals surface area contributed by atoms with Gasteiger partial charge in [-0.3, -0.25) is 37.3 Å². The van der Waals surface area contributed by atoms with Gasteiger partial charge in [0.15, 0.2) is 12.2 Å². The monoisotopic (exact) mass is 1370 g/mol. The number of hydrogen-bond donors (Lipinski definition) is 3. The van der Waals surface area contributed by atoms with E-state index in [4.69, 9.17) is 37.0 Å². The van der Waals surface area contributed by atoms with E-state index in [1.165, 1.54) is 116 Å². The minimum absolute atomic E-state index is 0.0870. The number of hydrogen-bond acceptors (Lipinski definition) is 15. The van der Waals surface area contributed by atoms with Crippen molar-refractivity contribution in [1.82, 2.24) is 0 Å². The van der Waals surface area contributed by atoms with Crippen LogP contribution >= 0.6 is 15.6 Å². The van der Waals surface area contributed by atoms with Crippen LogP contribution in [0.25, 0.3) is 0 Å². The van der Waals surface area contributed by atoms with Crippen molar-refractivity contribution in [3.63, 3.8) is 0 Å². The molecule has 0 aliphatic rings. The zero-order valence-corrected chi connectivity index (χ0v) is 61.7. The Bertz CT molecular complexity index is 1980. The fourth-order valence-electron chi connectivity index (χ4n) is 10.4. The van der Waals surface area contributed by atoms with Gasteiger partial charge in [-0.1, -0.05) is 250 Å². The highest BCUT2D eigenvalue weighted by molar-refractivity contribution is 7.47. The van der Waals surface area contributed by atoms with Crippen LogP contribution in [0, 0.1) is 0 Å².